The first-order valence-electron chi connectivity index (χ1n) is 6.27. The summed E-state index contributed by atoms with van der Waals surface area (Å²) in [5.74, 6) is -0.163. The summed E-state index contributed by atoms with van der Waals surface area (Å²) in [5.41, 5.74) is 5.78. The molecule has 1 fully saturated rings. The Bertz CT molecular complexity index is 233. The SMILES string of the molecule is CCN(C(C)CC(=O)O)C1CCCC1CN. The maximum absolute atomic E-state index is 10.7. The highest BCUT2D eigenvalue weighted by Gasteiger charge is 2.33. The van der Waals surface area contributed by atoms with Crippen molar-refractivity contribution in [3.8, 4) is 0 Å². The Morgan fingerprint density at radius 2 is 2.25 bits per heavy atom. The highest BCUT2D eigenvalue weighted by molar-refractivity contribution is 5.67. The normalized spacial score (nSPS) is 27.2. The van der Waals surface area contributed by atoms with Crippen LogP contribution < -0.4 is 5.73 Å². The molecule has 3 atom stereocenters. The van der Waals surface area contributed by atoms with E-state index in [4.69, 9.17) is 10.8 Å². The topological polar surface area (TPSA) is 66.6 Å². The van der Waals surface area contributed by atoms with Crippen molar-refractivity contribution in [2.45, 2.75) is 51.6 Å². The minimum absolute atomic E-state index is 0.111. The molecule has 1 rings (SSSR count). The first-order chi connectivity index (χ1) is 7.60. The molecule has 4 heteroatoms. The Labute approximate surface area is 97.8 Å². The van der Waals surface area contributed by atoms with Gasteiger partial charge in [0.15, 0.2) is 0 Å². The summed E-state index contributed by atoms with van der Waals surface area (Å²) in [4.78, 5) is 13.1. The Balaban J connectivity index is 2.61. The zero-order valence-electron chi connectivity index (χ0n) is 10.4. The molecule has 94 valence electrons. The Morgan fingerprint density at radius 3 is 2.75 bits per heavy atom. The van der Waals surface area contributed by atoms with Crippen molar-refractivity contribution >= 4 is 5.97 Å². The molecule has 0 bridgehead atoms. The van der Waals surface area contributed by atoms with E-state index in [0.29, 0.717) is 12.0 Å². The number of carboxylic acids is 1. The average Bonchev–Trinajstić information content (AvgIpc) is 2.66. The van der Waals surface area contributed by atoms with Gasteiger partial charge in [0.05, 0.1) is 6.42 Å². The van der Waals surface area contributed by atoms with Crippen molar-refractivity contribution in [2.75, 3.05) is 13.1 Å². The van der Waals surface area contributed by atoms with Gasteiger partial charge in [-0.05, 0) is 38.8 Å². The Morgan fingerprint density at radius 1 is 1.56 bits per heavy atom. The van der Waals surface area contributed by atoms with Gasteiger partial charge in [0.2, 0.25) is 0 Å². The van der Waals surface area contributed by atoms with Crippen molar-refractivity contribution in [2.24, 2.45) is 11.7 Å². The van der Waals surface area contributed by atoms with E-state index in [0.717, 1.165) is 13.1 Å². The van der Waals surface area contributed by atoms with E-state index in [2.05, 4.69) is 11.8 Å². The van der Waals surface area contributed by atoms with Gasteiger partial charge in [-0.15, -0.1) is 0 Å². The molecule has 1 aliphatic rings. The second kappa shape index (κ2) is 6.21. The van der Waals surface area contributed by atoms with Gasteiger partial charge < -0.3 is 10.8 Å². The van der Waals surface area contributed by atoms with Crippen LogP contribution in [0.4, 0.5) is 0 Å². The van der Waals surface area contributed by atoms with Crippen LogP contribution >= 0.6 is 0 Å². The minimum atomic E-state index is -0.715. The minimum Gasteiger partial charge on any atom is -0.481 e. The highest BCUT2D eigenvalue weighted by atomic mass is 16.4. The lowest BCUT2D eigenvalue weighted by atomic mass is 10.00. The van der Waals surface area contributed by atoms with Crippen molar-refractivity contribution in [1.82, 2.24) is 4.90 Å². The second-order valence-electron chi connectivity index (χ2n) is 4.77. The zero-order valence-corrected chi connectivity index (χ0v) is 10.4. The van der Waals surface area contributed by atoms with Crippen LogP contribution in [0.3, 0.4) is 0 Å². The van der Waals surface area contributed by atoms with Gasteiger partial charge in [-0.2, -0.15) is 0 Å². The molecule has 1 saturated carbocycles. The molecule has 0 spiro atoms. The highest BCUT2D eigenvalue weighted by Crippen LogP contribution is 2.30. The average molecular weight is 228 g/mol. The maximum Gasteiger partial charge on any atom is 0.304 e. The molecule has 0 heterocycles. The summed E-state index contributed by atoms with van der Waals surface area (Å²) in [6.07, 6.45) is 3.81. The number of carboxylic acid groups (broad SMARTS) is 1. The standard InChI is InChI=1S/C12H24N2O2/c1-3-14(9(2)7-12(15)16)11-6-4-5-10(11)8-13/h9-11H,3-8,13H2,1-2H3,(H,15,16). The van der Waals surface area contributed by atoms with Crippen LogP contribution in [0.15, 0.2) is 0 Å². The quantitative estimate of drug-likeness (QED) is 0.719. The van der Waals surface area contributed by atoms with Crippen molar-refractivity contribution in [3.63, 3.8) is 0 Å². The summed E-state index contributed by atoms with van der Waals surface area (Å²) in [6, 6.07) is 0.601. The predicted octanol–water partition coefficient (Wildman–Crippen LogP) is 1.30. The molecule has 0 aromatic rings. The monoisotopic (exact) mass is 228 g/mol. The molecule has 3 N–H and O–H groups in total. The van der Waals surface area contributed by atoms with E-state index in [1.54, 1.807) is 0 Å². The fourth-order valence-electron chi connectivity index (χ4n) is 2.97. The van der Waals surface area contributed by atoms with Crippen LogP contribution in [0.1, 0.15) is 39.5 Å². The molecule has 0 aromatic heterocycles. The molecule has 0 radical (unpaired) electrons. The van der Waals surface area contributed by atoms with Gasteiger partial charge >= 0.3 is 5.97 Å². The van der Waals surface area contributed by atoms with Crippen molar-refractivity contribution in [1.29, 1.82) is 0 Å². The van der Waals surface area contributed by atoms with Gasteiger partial charge in [0.1, 0.15) is 0 Å². The van der Waals surface area contributed by atoms with E-state index >= 15 is 0 Å². The second-order valence-corrected chi connectivity index (χ2v) is 4.77. The van der Waals surface area contributed by atoms with Gasteiger partial charge in [-0.25, -0.2) is 0 Å². The first-order valence-corrected chi connectivity index (χ1v) is 6.27. The molecule has 1 aliphatic carbocycles. The van der Waals surface area contributed by atoms with Gasteiger partial charge in [0.25, 0.3) is 0 Å². The summed E-state index contributed by atoms with van der Waals surface area (Å²) in [5, 5.41) is 8.84. The molecule has 3 unspecified atom stereocenters. The molecular formula is C12H24N2O2. The van der Waals surface area contributed by atoms with Crippen LogP contribution in [0, 0.1) is 5.92 Å². The maximum atomic E-state index is 10.7. The Hall–Kier alpha value is -0.610. The third-order valence-electron chi connectivity index (χ3n) is 3.75. The third kappa shape index (κ3) is 3.19. The van der Waals surface area contributed by atoms with Crippen LogP contribution in [-0.2, 0) is 4.79 Å². The molecule has 16 heavy (non-hydrogen) atoms. The van der Waals surface area contributed by atoms with Crippen LogP contribution in [0.5, 0.6) is 0 Å². The zero-order chi connectivity index (χ0) is 12.1. The predicted molar refractivity (Wildman–Crippen MR) is 64.3 cm³/mol. The van der Waals surface area contributed by atoms with Crippen molar-refractivity contribution in [3.05, 3.63) is 0 Å². The van der Waals surface area contributed by atoms with E-state index in [1.165, 1.54) is 19.3 Å². The number of carbonyl (C=O) groups is 1. The van der Waals surface area contributed by atoms with Crippen LogP contribution in [0.25, 0.3) is 0 Å². The lowest BCUT2D eigenvalue weighted by Gasteiger charge is -2.36. The van der Waals surface area contributed by atoms with Crippen LogP contribution in [-0.4, -0.2) is 41.1 Å². The van der Waals surface area contributed by atoms with Gasteiger partial charge in [0, 0.05) is 12.1 Å². The fraction of sp³-hybridized carbons (Fsp3) is 0.917. The number of nitrogens with zero attached hydrogens (tertiary/aromatic N) is 1. The summed E-state index contributed by atoms with van der Waals surface area (Å²) in [6.45, 7) is 5.74. The van der Waals surface area contributed by atoms with Crippen LogP contribution in [0.2, 0.25) is 0 Å². The van der Waals surface area contributed by atoms with E-state index < -0.39 is 5.97 Å². The number of hydrogen-bond donors (Lipinski definition) is 2. The van der Waals surface area contributed by atoms with Gasteiger partial charge in [-0.1, -0.05) is 13.3 Å². The number of aliphatic carboxylic acids is 1. The number of hydrogen-bond acceptors (Lipinski definition) is 3. The summed E-state index contributed by atoms with van der Waals surface area (Å²) >= 11 is 0. The summed E-state index contributed by atoms with van der Waals surface area (Å²) < 4.78 is 0. The van der Waals surface area contributed by atoms with Gasteiger partial charge in [-0.3, -0.25) is 9.69 Å². The molecule has 0 aromatic carbocycles. The largest absolute Gasteiger partial charge is 0.481 e. The van der Waals surface area contributed by atoms with E-state index in [1.807, 2.05) is 6.92 Å². The lowest BCUT2D eigenvalue weighted by Crippen LogP contribution is -2.46. The van der Waals surface area contributed by atoms with E-state index in [9.17, 15) is 4.79 Å². The molecule has 0 saturated heterocycles. The first kappa shape index (κ1) is 13.5. The fourth-order valence-corrected chi connectivity index (χ4v) is 2.97. The number of rotatable bonds is 6. The Kier molecular flexibility index (Phi) is 5.22. The summed E-state index contributed by atoms with van der Waals surface area (Å²) in [7, 11) is 0. The molecule has 0 aliphatic heterocycles. The molecule has 4 nitrogen and oxygen atoms in total. The third-order valence-corrected chi connectivity index (χ3v) is 3.75. The van der Waals surface area contributed by atoms with Crippen molar-refractivity contribution < 1.29 is 9.90 Å². The number of nitrogens with two attached hydrogens (primary N) is 1. The smallest absolute Gasteiger partial charge is 0.304 e. The molecule has 0 amide bonds. The lowest BCUT2D eigenvalue weighted by molar-refractivity contribution is -0.138. The van der Waals surface area contributed by atoms with E-state index in [-0.39, 0.29) is 12.5 Å². The molecular weight excluding hydrogens is 204 g/mol.